The summed E-state index contributed by atoms with van der Waals surface area (Å²) in [6.45, 7) is 6.17. The van der Waals surface area contributed by atoms with Crippen LogP contribution in [0.5, 0.6) is 5.75 Å². The monoisotopic (exact) mass is 348 g/mol. The van der Waals surface area contributed by atoms with Crippen LogP contribution in [0.25, 0.3) is 0 Å². The van der Waals surface area contributed by atoms with E-state index in [9.17, 15) is 9.59 Å². The Morgan fingerprint density at radius 1 is 1.17 bits per heavy atom. The molecule has 5 nitrogen and oxygen atoms in total. The first-order chi connectivity index (χ1) is 11.2. The molecule has 6 heteroatoms. The molecule has 0 spiro atoms. The normalized spacial score (nSPS) is 11.2. The number of carboxylic acid groups (broad SMARTS) is 1. The second kappa shape index (κ2) is 7.05. The summed E-state index contributed by atoms with van der Waals surface area (Å²) in [7, 11) is 1.60. The molecule has 0 saturated carbocycles. The highest BCUT2D eigenvalue weighted by atomic mass is 32.1. The number of carbonyl (C=O) groups excluding carboxylic acids is 1. The number of ether oxygens (including phenoxy) is 2. The number of carbonyl (C=O) groups is 2. The lowest BCUT2D eigenvalue weighted by atomic mass is 9.85. The molecule has 1 aromatic heterocycles. The van der Waals surface area contributed by atoms with Gasteiger partial charge >= 0.3 is 11.9 Å². The average molecular weight is 348 g/mol. The van der Waals surface area contributed by atoms with Crippen LogP contribution < -0.4 is 4.74 Å². The lowest BCUT2D eigenvalue weighted by molar-refractivity contribution is 0.0476. The topological polar surface area (TPSA) is 72.8 Å². The zero-order chi connectivity index (χ0) is 17.9. The fraction of sp³-hybridized carbons (Fsp3) is 0.333. The van der Waals surface area contributed by atoms with Gasteiger partial charge in [-0.15, -0.1) is 11.3 Å². The average Bonchev–Trinajstić information content (AvgIpc) is 3.00. The molecule has 0 radical (unpaired) electrons. The van der Waals surface area contributed by atoms with Gasteiger partial charge in [0.2, 0.25) is 0 Å². The third-order valence-corrected chi connectivity index (χ3v) is 4.51. The Morgan fingerprint density at radius 3 is 2.42 bits per heavy atom. The highest BCUT2D eigenvalue weighted by Crippen LogP contribution is 2.32. The van der Waals surface area contributed by atoms with Crippen molar-refractivity contribution in [2.75, 3.05) is 7.11 Å². The Balaban J connectivity index is 2.13. The number of benzene rings is 1. The minimum absolute atomic E-state index is 0.0493. The van der Waals surface area contributed by atoms with Gasteiger partial charge in [-0.2, -0.15) is 0 Å². The number of thiophene rings is 1. The van der Waals surface area contributed by atoms with E-state index < -0.39 is 11.9 Å². The SMILES string of the molecule is COc1ccc(C(=O)OCc2ccc(C(=O)O)s2)cc1C(C)(C)C. The Kier molecular flexibility index (Phi) is 5.29. The highest BCUT2D eigenvalue weighted by molar-refractivity contribution is 7.13. The van der Waals surface area contributed by atoms with E-state index in [0.29, 0.717) is 10.4 Å². The van der Waals surface area contributed by atoms with E-state index in [1.807, 2.05) is 20.8 Å². The predicted molar refractivity (Wildman–Crippen MR) is 92.1 cm³/mol. The maximum atomic E-state index is 12.3. The van der Waals surface area contributed by atoms with Crippen molar-refractivity contribution in [2.24, 2.45) is 0 Å². The molecule has 0 saturated heterocycles. The van der Waals surface area contributed by atoms with Crippen LogP contribution in [0.15, 0.2) is 30.3 Å². The predicted octanol–water partition coefficient (Wildman–Crippen LogP) is 4.11. The Bertz CT molecular complexity index is 755. The standard InChI is InChI=1S/C18H20O5S/c1-18(2,3)13-9-11(5-7-14(13)22-4)17(21)23-10-12-6-8-15(24-12)16(19)20/h5-9H,10H2,1-4H3,(H,19,20). The Morgan fingerprint density at radius 2 is 1.88 bits per heavy atom. The maximum Gasteiger partial charge on any atom is 0.345 e. The first kappa shape index (κ1) is 18.0. The first-order valence-corrected chi connectivity index (χ1v) is 8.21. The summed E-state index contributed by atoms with van der Waals surface area (Å²) in [4.78, 5) is 24.0. The zero-order valence-electron chi connectivity index (χ0n) is 14.1. The minimum atomic E-state index is -0.984. The second-order valence-electron chi connectivity index (χ2n) is 6.31. The van der Waals surface area contributed by atoms with Gasteiger partial charge in [0.1, 0.15) is 17.2 Å². The molecule has 24 heavy (non-hydrogen) atoms. The van der Waals surface area contributed by atoms with E-state index in [4.69, 9.17) is 14.6 Å². The van der Waals surface area contributed by atoms with Crippen LogP contribution in [0.2, 0.25) is 0 Å². The van der Waals surface area contributed by atoms with Gasteiger partial charge in [-0.25, -0.2) is 9.59 Å². The fourth-order valence-corrected chi connectivity index (χ4v) is 2.97. The van der Waals surface area contributed by atoms with Crippen molar-refractivity contribution in [3.05, 3.63) is 51.2 Å². The fourth-order valence-electron chi connectivity index (χ4n) is 2.21. The molecule has 0 atom stereocenters. The molecular weight excluding hydrogens is 328 g/mol. The number of carboxylic acids is 1. The first-order valence-electron chi connectivity index (χ1n) is 7.40. The molecule has 2 rings (SSSR count). The van der Waals surface area contributed by atoms with Crippen LogP contribution >= 0.6 is 11.3 Å². The van der Waals surface area contributed by atoms with E-state index in [0.717, 1.165) is 22.6 Å². The Hall–Kier alpha value is -2.34. The van der Waals surface area contributed by atoms with Gasteiger partial charge in [0, 0.05) is 10.4 Å². The molecule has 2 aromatic rings. The lowest BCUT2D eigenvalue weighted by Gasteiger charge is -2.22. The third-order valence-electron chi connectivity index (χ3n) is 3.46. The van der Waals surface area contributed by atoms with Crippen molar-refractivity contribution < 1.29 is 24.2 Å². The van der Waals surface area contributed by atoms with E-state index in [-0.39, 0.29) is 16.9 Å². The van der Waals surface area contributed by atoms with E-state index >= 15 is 0 Å². The van der Waals surface area contributed by atoms with Crippen molar-refractivity contribution in [1.29, 1.82) is 0 Å². The van der Waals surface area contributed by atoms with E-state index in [1.165, 1.54) is 6.07 Å². The summed E-state index contributed by atoms with van der Waals surface area (Å²) in [5, 5.41) is 8.90. The van der Waals surface area contributed by atoms with E-state index in [1.54, 1.807) is 31.4 Å². The van der Waals surface area contributed by atoms with Crippen LogP contribution in [0.3, 0.4) is 0 Å². The van der Waals surface area contributed by atoms with Crippen molar-refractivity contribution in [1.82, 2.24) is 0 Å². The molecule has 0 fully saturated rings. The quantitative estimate of drug-likeness (QED) is 0.823. The van der Waals surface area contributed by atoms with Gasteiger partial charge in [0.25, 0.3) is 0 Å². The number of methoxy groups -OCH3 is 1. The van der Waals surface area contributed by atoms with Gasteiger partial charge < -0.3 is 14.6 Å². The van der Waals surface area contributed by atoms with Crippen molar-refractivity contribution in [2.45, 2.75) is 32.8 Å². The van der Waals surface area contributed by atoms with Gasteiger partial charge in [-0.05, 0) is 35.7 Å². The van der Waals surface area contributed by atoms with Crippen LogP contribution in [0.4, 0.5) is 0 Å². The number of hydrogen-bond acceptors (Lipinski definition) is 5. The van der Waals surface area contributed by atoms with Gasteiger partial charge in [-0.3, -0.25) is 0 Å². The van der Waals surface area contributed by atoms with Crippen molar-refractivity contribution >= 4 is 23.3 Å². The summed E-state index contributed by atoms with van der Waals surface area (Å²) < 4.78 is 10.6. The number of esters is 1. The van der Waals surface area contributed by atoms with Crippen molar-refractivity contribution in [3.63, 3.8) is 0 Å². The molecule has 128 valence electrons. The second-order valence-corrected chi connectivity index (χ2v) is 7.48. The molecular formula is C18H20O5S. The number of hydrogen-bond donors (Lipinski definition) is 1. The minimum Gasteiger partial charge on any atom is -0.496 e. The molecule has 1 N–H and O–H groups in total. The van der Waals surface area contributed by atoms with Crippen molar-refractivity contribution in [3.8, 4) is 5.75 Å². The van der Waals surface area contributed by atoms with E-state index in [2.05, 4.69) is 0 Å². The van der Waals surface area contributed by atoms with Crippen LogP contribution in [-0.2, 0) is 16.8 Å². The molecule has 0 unspecified atom stereocenters. The third kappa shape index (κ3) is 4.14. The van der Waals surface area contributed by atoms with Crippen LogP contribution in [-0.4, -0.2) is 24.2 Å². The summed E-state index contributed by atoms with van der Waals surface area (Å²) in [6.07, 6.45) is 0. The van der Waals surface area contributed by atoms with Gasteiger partial charge in [0.05, 0.1) is 12.7 Å². The largest absolute Gasteiger partial charge is 0.496 e. The molecule has 0 aliphatic carbocycles. The molecule has 0 amide bonds. The zero-order valence-corrected chi connectivity index (χ0v) is 14.9. The maximum absolute atomic E-state index is 12.3. The smallest absolute Gasteiger partial charge is 0.345 e. The Labute approximate surface area is 144 Å². The van der Waals surface area contributed by atoms with Gasteiger partial charge in [-0.1, -0.05) is 20.8 Å². The van der Waals surface area contributed by atoms with Gasteiger partial charge in [0.15, 0.2) is 0 Å². The summed E-state index contributed by atoms with van der Waals surface area (Å²) >= 11 is 1.09. The molecule has 0 aliphatic rings. The summed E-state index contributed by atoms with van der Waals surface area (Å²) in [6, 6.07) is 8.34. The van der Waals surface area contributed by atoms with Crippen LogP contribution in [0.1, 0.15) is 51.2 Å². The number of rotatable bonds is 5. The lowest BCUT2D eigenvalue weighted by Crippen LogP contribution is -2.15. The van der Waals surface area contributed by atoms with Crippen LogP contribution in [0, 0.1) is 0 Å². The molecule has 1 heterocycles. The summed E-state index contributed by atoms with van der Waals surface area (Å²) in [5.74, 6) is -0.709. The molecule has 0 bridgehead atoms. The number of aromatic carboxylic acids is 1. The molecule has 1 aromatic carbocycles. The summed E-state index contributed by atoms with van der Waals surface area (Å²) in [5.41, 5.74) is 1.19. The highest BCUT2D eigenvalue weighted by Gasteiger charge is 2.21. The molecule has 0 aliphatic heterocycles.